The van der Waals surface area contributed by atoms with Crippen LogP contribution in [0.2, 0.25) is 0 Å². The molecule has 0 saturated carbocycles. The van der Waals surface area contributed by atoms with Gasteiger partial charge in [0.2, 0.25) is 0 Å². The van der Waals surface area contributed by atoms with Gasteiger partial charge in [0.05, 0.1) is 5.82 Å². The first-order valence-electron chi connectivity index (χ1n) is 3.44. The van der Waals surface area contributed by atoms with Crippen LogP contribution in [0.3, 0.4) is 0 Å². The molecule has 0 unspecified atom stereocenters. The normalized spacial score (nSPS) is 7.64. The van der Waals surface area contributed by atoms with Gasteiger partial charge < -0.3 is 17.2 Å². The van der Waals surface area contributed by atoms with E-state index in [9.17, 15) is 0 Å². The Morgan fingerprint density at radius 1 is 1.18 bits per heavy atom. The Kier molecular flexibility index (Phi) is 8.25. The first kappa shape index (κ1) is 12.7. The van der Waals surface area contributed by atoms with Crippen LogP contribution in [0, 0.1) is 0 Å². The van der Waals surface area contributed by atoms with Crippen molar-refractivity contribution >= 4 is 0 Å². The third-order valence-electron chi connectivity index (χ3n) is 0.799. The third-order valence-corrected chi connectivity index (χ3v) is 0.799. The quantitative estimate of drug-likeness (QED) is 0.490. The molecule has 0 heterocycles. The second-order valence-corrected chi connectivity index (χ2v) is 2.65. The van der Waals surface area contributed by atoms with Crippen LogP contribution in [0.15, 0.2) is 23.5 Å². The van der Waals surface area contributed by atoms with Crippen LogP contribution in [-0.4, -0.2) is 6.54 Å². The summed E-state index contributed by atoms with van der Waals surface area (Å²) in [6.07, 6.45) is 0. The lowest BCUT2D eigenvalue weighted by Gasteiger charge is -1.95. The third kappa shape index (κ3) is 17.6. The lowest BCUT2D eigenvalue weighted by Crippen LogP contribution is -2.15. The molecule has 0 fully saturated rings. The molecule has 3 heteroatoms. The predicted octanol–water partition coefficient (Wildman–Crippen LogP) is 0.676. The Morgan fingerprint density at radius 3 is 1.45 bits per heavy atom. The molecule has 0 atom stereocenters. The molecule has 0 aromatic rings. The van der Waals surface area contributed by atoms with Gasteiger partial charge in [-0.15, -0.1) is 6.58 Å². The molecule has 0 saturated heterocycles. The molecule has 0 aliphatic rings. The molecule has 0 amide bonds. The zero-order chi connectivity index (χ0) is 9.44. The molecule has 11 heavy (non-hydrogen) atoms. The van der Waals surface area contributed by atoms with Gasteiger partial charge in [-0.2, -0.15) is 0 Å². The Labute approximate surface area is 68.9 Å². The summed E-state index contributed by atoms with van der Waals surface area (Å²) in [6, 6.07) is 0. The molecule has 0 aliphatic carbocycles. The van der Waals surface area contributed by atoms with Crippen molar-refractivity contribution in [3.63, 3.8) is 0 Å². The highest BCUT2D eigenvalue weighted by Crippen LogP contribution is 1.84. The molecular weight excluding hydrogens is 138 g/mol. The van der Waals surface area contributed by atoms with E-state index in [2.05, 4.69) is 6.58 Å². The lowest BCUT2D eigenvalue weighted by molar-refractivity contribution is 1.05. The van der Waals surface area contributed by atoms with Crippen LogP contribution >= 0.6 is 0 Å². The topological polar surface area (TPSA) is 78.1 Å². The van der Waals surface area contributed by atoms with Gasteiger partial charge in [-0.3, -0.25) is 0 Å². The zero-order valence-corrected chi connectivity index (χ0v) is 7.65. The highest BCUT2D eigenvalue weighted by atomic mass is 14.8. The van der Waals surface area contributed by atoms with E-state index in [0.29, 0.717) is 12.4 Å². The van der Waals surface area contributed by atoms with Crippen molar-refractivity contribution in [3.05, 3.63) is 23.5 Å². The maximum absolute atomic E-state index is 5.16. The minimum Gasteiger partial charge on any atom is -0.386 e. The van der Waals surface area contributed by atoms with Crippen molar-refractivity contribution in [1.29, 1.82) is 0 Å². The summed E-state index contributed by atoms with van der Waals surface area (Å²) in [5.41, 5.74) is 17.4. The van der Waals surface area contributed by atoms with Crippen LogP contribution in [0.25, 0.3) is 0 Å². The van der Waals surface area contributed by atoms with Gasteiger partial charge in [0, 0.05) is 6.54 Å². The molecule has 0 radical (unpaired) electrons. The van der Waals surface area contributed by atoms with Gasteiger partial charge >= 0.3 is 0 Å². The average Bonchev–Trinajstić information content (AvgIpc) is 1.85. The summed E-state index contributed by atoms with van der Waals surface area (Å²) in [7, 11) is 0. The Morgan fingerprint density at radius 2 is 1.45 bits per heavy atom. The Bertz CT molecular complexity index is 139. The monoisotopic (exact) mass is 157 g/mol. The summed E-state index contributed by atoms with van der Waals surface area (Å²) in [6.45, 7) is 9.75. The number of nitrogens with two attached hydrogens (primary N) is 3. The van der Waals surface area contributed by atoms with Crippen LogP contribution in [0.4, 0.5) is 0 Å². The smallest absolute Gasteiger partial charge is 0.0935 e. The lowest BCUT2D eigenvalue weighted by atomic mass is 10.3. The van der Waals surface area contributed by atoms with E-state index in [0.717, 1.165) is 5.57 Å². The first-order valence-corrected chi connectivity index (χ1v) is 3.44. The number of rotatable bonds is 1. The van der Waals surface area contributed by atoms with Crippen LogP contribution in [0.1, 0.15) is 20.8 Å². The molecule has 66 valence electrons. The Balaban J connectivity index is 0. The maximum atomic E-state index is 5.16. The summed E-state index contributed by atoms with van der Waals surface area (Å²) >= 11 is 0. The summed E-state index contributed by atoms with van der Waals surface area (Å²) in [5.74, 6) is 0.336. The van der Waals surface area contributed by atoms with Gasteiger partial charge in [0.1, 0.15) is 0 Å². The van der Waals surface area contributed by atoms with E-state index >= 15 is 0 Å². The maximum Gasteiger partial charge on any atom is 0.0935 e. The fourth-order valence-corrected chi connectivity index (χ4v) is 0.118. The highest BCUT2D eigenvalue weighted by Gasteiger charge is 1.84. The van der Waals surface area contributed by atoms with Gasteiger partial charge in [0.15, 0.2) is 0 Å². The van der Waals surface area contributed by atoms with Gasteiger partial charge in [0.25, 0.3) is 0 Å². The fraction of sp³-hybridized carbons (Fsp3) is 0.500. The number of hydrogen-bond donors (Lipinski definition) is 3. The van der Waals surface area contributed by atoms with Crippen molar-refractivity contribution in [2.24, 2.45) is 17.2 Å². The molecule has 6 N–H and O–H groups in total. The van der Waals surface area contributed by atoms with Gasteiger partial charge in [-0.1, -0.05) is 5.57 Å². The van der Waals surface area contributed by atoms with E-state index in [-0.39, 0.29) is 0 Å². The number of hydrogen-bond acceptors (Lipinski definition) is 3. The van der Waals surface area contributed by atoms with E-state index in [1.54, 1.807) is 6.92 Å². The predicted molar refractivity (Wildman–Crippen MR) is 50.6 cm³/mol. The molecule has 0 bridgehead atoms. The average molecular weight is 157 g/mol. The zero-order valence-electron chi connectivity index (χ0n) is 7.65. The molecule has 0 aromatic carbocycles. The van der Waals surface area contributed by atoms with E-state index in [4.69, 9.17) is 17.2 Å². The second-order valence-electron chi connectivity index (χ2n) is 2.65. The summed E-state index contributed by atoms with van der Waals surface area (Å²) in [5, 5.41) is 0. The van der Waals surface area contributed by atoms with E-state index in [1.165, 1.54) is 5.57 Å². The minimum absolute atomic E-state index is 0.336. The van der Waals surface area contributed by atoms with Crippen molar-refractivity contribution in [2.75, 3.05) is 6.54 Å². The fourth-order valence-electron chi connectivity index (χ4n) is 0.118. The number of allylic oxidation sites excluding steroid dienone is 1. The second kappa shape index (κ2) is 7.15. The molecular formula is C8H19N3. The standard InChI is InChI=1S/C4H11N3.C4H8/c1-3(2-5)4(6)7;1-4(2)3/h2,5-7H2,1H3;1H2,2-3H3. The van der Waals surface area contributed by atoms with Gasteiger partial charge in [-0.05, 0) is 26.3 Å². The van der Waals surface area contributed by atoms with Gasteiger partial charge in [-0.25, -0.2) is 0 Å². The largest absolute Gasteiger partial charge is 0.386 e. The van der Waals surface area contributed by atoms with Crippen molar-refractivity contribution in [2.45, 2.75) is 20.8 Å². The first-order chi connectivity index (χ1) is 4.91. The molecule has 3 nitrogen and oxygen atoms in total. The SMILES string of the molecule is C=C(C)C.CC(CN)=C(N)N. The van der Waals surface area contributed by atoms with Crippen molar-refractivity contribution in [1.82, 2.24) is 0 Å². The summed E-state index contributed by atoms with van der Waals surface area (Å²) in [4.78, 5) is 0. The molecule has 0 aliphatic heterocycles. The van der Waals surface area contributed by atoms with Crippen LogP contribution in [0.5, 0.6) is 0 Å². The van der Waals surface area contributed by atoms with E-state index < -0.39 is 0 Å². The Hall–Kier alpha value is -0.960. The van der Waals surface area contributed by atoms with Crippen LogP contribution in [-0.2, 0) is 0 Å². The highest BCUT2D eigenvalue weighted by molar-refractivity contribution is 5.04. The van der Waals surface area contributed by atoms with Crippen molar-refractivity contribution < 1.29 is 0 Å². The molecule has 0 spiro atoms. The van der Waals surface area contributed by atoms with Crippen molar-refractivity contribution in [3.8, 4) is 0 Å². The minimum atomic E-state index is 0.336. The van der Waals surface area contributed by atoms with E-state index in [1.807, 2.05) is 13.8 Å². The summed E-state index contributed by atoms with van der Waals surface area (Å²) < 4.78 is 0. The molecule has 0 aromatic heterocycles. The van der Waals surface area contributed by atoms with Crippen LogP contribution < -0.4 is 17.2 Å². The molecule has 0 rings (SSSR count).